The smallest absolute Gasteiger partial charge is 0.0209 e. The lowest BCUT2D eigenvalue weighted by molar-refractivity contribution is 0.935. The summed E-state index contributed by atoms with van der Waals surface area (Å²) in [6.07, 6.45) is 5.05. The molecule has 0 saturated heterocycles. The molecular weight excluding hydrogens is 340 g/mol. The van der Waals surface area contributed by atoms with Crippen molar-refractivity contribution in [2.75, 3.05) is 0 Å². The maximum absolute atomic E-state index is 3.76. The van der Waals surface area contributed by atoms with E-state index in [0.29, 0.717) is 0 Å². The normalized spacial score (nSPS) is 12.2. The molecule has 1 aromatic carbocycles. The van der Waals surface area contributed by atoms with E-state index >= 15 is 0 Å². The Balaban J connectivity index is 2.71. The van der Waals surface area contributed by atoms with Crippen molar-refractivity contribution in [2.45, 2.75) is 33.1 Å². The van der Waals surface area contributed by atoms with E-state index < -0.39 is 0 Å². The lowest BCUT2D eigenvalue weighted by atomic mass is 10.0. The van der Waals surface area contributed by atoms with E-state index in [2.05, 4.69) is 70.5 Å². The minimum absolute atomic E-state index is 1.06. The third kappa shape index (κ3) is 4.44. The first kappa shape index (κ1) is 14.7. The van der Waals surface area contributed by atoms with Gasteiger partial charge in [0.15, 0.2) is 0 Å². The molecule has 0 spiro atoms. The maximum Gasteiger partial charge on any atom is 0.0209 e. The molecule has 0 nitrogen and oxygen atoms in total. The Morgan fingerprint density at radius 1 is 1.41 bits per heavy atom. The summed E-state index contributed by atoms with van der Waals surface area (Å²) in [5.74, 6) is 0. The average Bonchev–Trinajstić information content (AvgIpc) is 2.35. The van der Waals surface area contributed by atoms with Crippen molar-refractivity contribution in [2.24, 2.45) is 0 Å². The molecule has 0 saturated carbocycles. The molecule has 0 bridgehead atoms. The van der Waals surface area contributed by atoms with Gasteiger partial charge in [-0.3, -0.25) is 0 Å². The predicted molar refractivity (Wildman–Crippen MR) is 83.7 cm³/mol. The Bertz CT molecular complexity index is 431. The molecule has 92 valence electrons. The Labute approximate surface area is 121 Å². The zero-order valence-electron chi connectivity index (χ0n) is 10.4. The molecule has 0 atom stereocenters. The SMILES string of the molecule is C=C/C(Br)=C(\C)CCc1ccc(CC)c(Br)c1. The van der Waals surface area contributed by atoms with Crippen molar-refractivity contribution in [1.82, 2.24) is 0 Å². The van der Waals surface area contributed by atoms with Gasteiger partial charge in [0.05, 0.1) is 0 Å². The molecule has 2 heteroatoms. The van der Waals surface area contributed by atoms with Crippen LogP contribution in [0, 0.1) is 0 Å². The van der Waals surface area contributed by atoms with E-state index in [-0.39, 0.29) is 0 Å². The molecule has 1 rings (SSSR count). The second kappa shape index (κ2) is 7.17. The van der Waals surface area contributed by atoms with Gasteiger partial charge in [-0.25, -0.2) is 0 Å². The molecule has 0 aliphatic rings. The maximum atomic E-state index is 3.76. The summed E-state index contributed by atoms with van der Waals surface area (Å²) in [5, 5.41) is 0. The molecule has 0 fully saturated rings. The largest absolute Gasteiger partial charge is 0.0979 e. The summed E-state index contributed by atoms with van der Waals surface area (Å²) in [4.78, 5) is 0. The second-order valence-corrected chi connectivity index (χ2v) is 5.82. The number of hydrogen-bond donors (Lipinski definition) is 0. The fourth-order valence-electron chi connectivity index (χ4n) is 1.66. The Kier molecular flexibility index (Phi) is 6.21. The zero-order chi connectivity index (χ0) is 12.8. The third-order valence-corrected chi connectivity index (χ3v) is 4.61. The molecule has 17 heavy (non-hydrogen) atoms. The zero-order valence-corrected chi connectivity index (χ0v) is 13.6. The highest BCUT2D eigenvalue weighted by Crippen LogP contribution is 2.22. The standard InChI is InChI=1S/C15H18Br2/c1-4-13-9-8-12(10-15(13)17)7-6-11(3)14(16)5-2/h5,8-10H,2,4,6-7H2,1,3H3/b14-11-. The van der Waals surface area contributed by atoms with Crippen LogP contribution < -0.4 is 0 Å². The van der Waals surface area contributed by atoms with Gasteiger partial charge in [-0.05, 0) is 43.4 Å². The minimum Gasteiger partial charge on any atom is -0.0979 e. The average molecular weight is 358 g/mol. The van der Waals surface area contributed by atoms with E-state index in [1.54, 1.807) is 0 Å². The molecule has 0 aromatic heterocycles. The van der Waals surface area contributed by atoms with Gasteiger partial charge in [-0.2, -0.15) is 0 Å². The molecule has 0 N–H and O–H groups in total. The van der Waals surface area contributed by atoms with Gasteiger partial charge in [-0.15, -0.1) is 0 Å². The predicted octanol–water partition coefficient (Wildman–Crippen LogP) is 5.80. The molecule has 0 heterocycles. The highest BCUT2D eigenvalue weighted by atomic mass is 79.9. The number of allylic oxidation sites excluding steroid dienone is 3. The first-order valence-corrected chi connectivity index (χ1v) is 7.42. The van der Waals surface area contributed by atoms with Crippen molar-refractivity contribution >= 4 is 31.9 Å². The van der Waals surface area contributed by atoms with Crippen molar-refractivity contribution in [1.29, 1.82) is 0 Å². The first-order chi connectivity index (χ1) is 8.08. The molecule has 1 aromatic rings. The Morgan fingerprint density at radius 3 is 2.65 bits per heavy atom. The highest BCUT2D eigenvalue weighted by Gasteiger charge is 2.01. The second-order valence-electron chi connectivity index (χ2n) is 4.11. The minimum atomic E-state index is 1.06. The van der Waals surface area contributed by atoms with Crippen LogP contribution in [0.25, 0.3) is 0 Å². The van der Waals surface area contributed by atoms with Crippen molar-refractivity contribution in [3.05, 3.63) is 56.5 Å². The number of rotatable bonds is 5. The number of hydrogen-bond acceptors (Lipinski definition) is 0. The lowest BCUT2D eigenvalue weighted by Crippen LogP contribution is -1.90. The molecule has 0 aliphatic carbocycles. The van der Waals surface area contributed by atoms with E-state index in [1.807, 2.05) is 6.08 Å². The van der Waals surface area contributed by atoms with Gasteiger partial charge in [0.25, 0.3) is 0 Å². The Morgan fingerprint density at radius 2 is 2.12 bits per heavy atom. The van der Waals surface area contributed by atoms with Crippen LogP contribution in [0.15, 0.2) is 45.4 Å². The summed E-state index contributed by atoms with van der Waals surface area (Å²) >= 11 is 7.12. The van der Waals surface area contributed by atoms with Gasteiger partial charge in [0.1, 0.15) is 0 Å². The van der Waals surface area contributed by atoms with Crippen LogP contribution in [0.2, 0.25) is 0 Å². The van der Waals surface area contributed by atoms with Gasteiger partial charge in [0, 0.05) is 8.96 Å². The van der Waals surface area contributed by atoms with Gasteiger partial charge < -0.3 is 0 Å². The monoisotopic (exact) mass is 356 g/mol. The molecule has 0 amide bonds. The van der Waals surface area contributed by atoms with E-state index in [1.165, 1.54) is 21.2 Å². The molecular formula is C15H18Br2. The fraction of sp³-hybridized carbons (Fsp3) is 0.333. The van der Waals surface area contributed by atoms with Crippen molar-refractivity contribution in [3.63, 3.8) is 0 Å². The molecule has 0 radical (unpaired) electrons. The summed E-state index contributed by atoms with van der Waals surface area (Å²) in [6.45, 7) is 8.08. The van der Waals surface area contributed by atoms with Gasteiger partial charge in [0.2, 0.25) is 0 Å². The van der Waals surface area contributed by atoms with Crippen molar-refractivity contribution in [3.8, 4) is 0 Å². The van der Waals surface area contributed by atoms with Crippen LogP contribution >= 0.6 is 31.9 Å². The fourth-order valence-corrected chi connectivity index (χ4v) is 2.56. The lowest BCUT2D eigenvalue weighted by Gasteiger charge is -2.07. The number of aryl methyl sites for hydroxylation is 2. The quantitative estimate of drug-likeness (QED) is 0.584. The van der Waals surface area contributed by atoms with Crippen LogP contribution in [0.3, 0.4) is 0 Å². The summed E-state index contributed by atoms with van der Waals surface area (Å²) in [6, 6.07) is 6.66. The van der Waals surface area contributed by atoms with E-state index in [0.717, 1.165) is 23.7 Å². The first-order valence-electron chi connectivity index (χ1n) is 5.83. The summed E-state index contributed by atoms with van der Waals surface area (Å²) < 4.78 is 2.34. The van der Waals surface area contributed by atoms with Crippen molar-refractivity contribution < 1.29 is 0 Å². The highest BCUT2D eigenvalue weighted by molar-refractivity contribution is 9.12. The topological polar surface area (TPSA) is 0 Å². The van der Waals surface area contributed by atoms with Crippen LogP contribution in [0.5, 0.6) is 0 Å². The third-order valence-electron chi connectivity index (χ3n) is 2.87. The Hall–Kier alpha value is -0.340. The van der Waals surface area contributed by atoms with Crippen LogP contribution in [-0.4, -0.2) is 0 Å². The molecule has 0 aliphatic heterocycles. The van der Waals surface area contributed by atoms with E-state index in [4.69, 9.17) is 0 Å². The van der Waals surface area contributed by atoms with Gasteiger partial charge in [-0.1, -0.05) is 69.1 Å². The number of halogens is 2. The van der Waals surface area contributed by atoms with Gasteiger partial charge >= 0.3 is 0 Å². The molecule has 0 unspecified atom stereocenters. The van der Waals surface area contributed by atoms with Crippen LogP contribution in [-0.2, 0) is 12.8 Å². The van der Waals surface area contributed by atoms with Crippen LogP contribution in [0.1, 0.15) is 31.4 Å². The number of benzene rings is 1. The van der Waals surface area contributed by atoms with E-state index in [9.17, 15) is 0 Å². The summed E-state index contributed by atoms with van der Waals surface area (Å²) in [7, 11) is 0. The summed E-state index contributed by atoms with van der Waals surface area (Å²) in [5.41, 5.74) is 4.08. The van der Waals surface area contributed by atoms with Crippen LogP contribution in [0.4, 0.5) is 0 Å².